The summed E-state index contributed by atoms with van der Waals surface area (Å²) in [5.41, 5.74) is 0.332. The summed E-state index contributed by atoms with van der Waals surface area (Å²) in [6.45, 7) is 0.987. The van der Waals surface area contributed by atoms with E-state index in [0.29, 0.717) is 37.0 Å². The van der Waals surface area contributed by atoms with Crippen LogP contribution >= 0.6 is 0 Å². The van der Waals surface area contributed by atoms with Crippen LogP contribution in [0.5, 0.6) is 0 Å². The average molecular weight is 553 g/mol. The number of nitrogens with zero attached hydrogens (tertiary/aromatic N) is 3. The highest BCUT2D eigenvalue weighted by molar-refractivity contribution is 6.02. The molecule has 0 aromatic carbocycles. The largest absolute Gasteiger partial charge is 0.542 e. The van der Waals surface area contributed by atoms with E-state index < -0.39 is 35.7 Å². The number of carbonyl (C=O) groups excluding carboxylic acids is 2. The van der Waals surface area contributed by atoms with Gasteiger partial charge < -0.3 is 20.1 Å². The Morgan fingerprint density at radius 3 is 2.21 bits per heavy atom. The molecule has 0 aliphatic carbocycles. The molecule has 1 fully saturated rings. The molecule has 206 valence electrons. The van der Waals surface area contributed by atoms with Gasteiger partial charge in [-0.25, -0.2) is 18.7 Å². The molecular formula is C22H19F8N5O3. The molecule has 0 unspecified atom stereocenters. The molecule has 0 saturated carbocycles. The minimum Gasteiger partial charge on any atom is -0.542 e. The van der Waals surface area contributed by atoms with E-state index in [0.717, 1.165) is 17.0 Å². The van der Waals surface area contributed by atoms with E-state index in [2.05, 4.69) is 15.3 Å². The van der Waals surface area contributed by atoms with E-state index in [1.54, 1.807) is 28.8 Å². The first-order valence-electron chi connectivity index (χ1n) is 10.9. The number of carboxylic acid groups (broad SMARTS) is 1. The summed E-state index contributed by atoms with van der Waals surface area (Å²) in [7, 11) is 0. The highest BCUT2D eigenvalue weighted by Crippen LogP contribution is 2.29. The number of alkyl halides is 8. The summed E-state index contributed by atoms with van der Waals surface area (Å²) in [5, 5.41) is 11.2. The fourth-order valence-corrected chi connectivity index (χ4v) is 3.58. The first kappa shape index (κ1) is 28.7. The zero-order chi connectivity index (χ0) is 28.3. The number of aliphatic carboxylic acids is 1. The maximum atomic E-state index is 13.4. The number of fused-ring (bicyclic) bond motifs is 1. The van der Waals surface area contributed by atoms with E-state index in [4.69, 9.17) is 9.90 Å². The fourth-order valence-electron chi connectivity index (χ4n) is 3.58. The molecule has 4 rings (SSSR count). The number of amides is 1. The highest BCUT2D eigenvalue weighted by atomic mass is 19.4. The Morgan fingerprint density at radius 1 is 1.05 bits per heavy atom. The lowest BCUT2D eigenvalue weighted by molar-refractivity contribution is -0.921. The van der Waals surface area contributed by atoms with Gasteiger partial charge in [-0.1, -0.05) is 6.07 Å². The van der Waals surface area contributed by atoms with Gasteiger partial charge >= 0.3 is 12.4 Å². The van der Waals surface area contributed by atoms with Crippen molar-refractivity contribution in [2.45, 2.75) is 37.7 Å². The van der Waals surface area contributed by atoms with Gasteiger partial charge in [-0.15, -0.1) is 0 Å². The van der Waals surface area contributed by atoms with Crippen LogP contribution in [0.15, 0.2) is 42.7 Å². The van der Waals surface area contributed by atoms with Gasteiger partial charge in [0.25, 0.3) is 11.8 Å². The molecule has 0 radical (unpaired) electrons. The lowest BCUT2D eigenvalue weighted by Crippen LogP contribution is -3.12. The summed E-state index contributed by atoms with van der Waals surface area (Å²) >= 11 is 0. The number of likely N-dealkylation sites (tertiary alicyclic amines) is 1. The lowest BCUT2D eigenvalue weighted by atomic mass is 10.1. The van der Waals surface area contributed by atoms with Crippen LogP contribution in [0.4, 0.5) is 40.9 Å². The second-order valence-electron chi connectivity index (χ2n) is 8.29. The molecule has 0 atom stereocenters. The lowest BCUT2D eigenvalue weighted by Gasteiger charge is -2.28. The van der Waals surface area contributed by atoms with E-state index in [9.17, 15) is 39.9 Å². The summed E-state index contributed by atoms with van der Waals surface area (Å²) in [6.07, 6.45) is -7.83. The van der Waals surface area contributed by atoms with Crippen LogP contribution < -0.4 is 15.3 Å². The van der Waals surface area contributed by atoms with Crippen molar-refractivity contribution in [1.29, 1.82) is 0 Å². The molecule has 38 heavy (non-hydrogen) atoms. The first-order chi connectivity index (χ1) is 17.6. The fraction of sp³-hybridized carbons (Fsp3) is 0.364. The Hall–Kier alpha value is -3.82. The number of nitrogens with one attached hydrogen (secondary N) is 2. The van der Waals surface area contributed by atoms with Crippen LogP contribution in [0.1, 0.15) is 34.7 Å². The molecular weight excluding hydrogens is 534 g/mol. The van der Waals surface area contributed by atoms with Crippen molar-refractivity contribution in [2.24, 2.45) is 0 Å². The van der Waals surface area contributed by atoms with Crippen molar-refractivity contribution >= 4 is 23.2 Å². The second kappa shape index (κ2) is 10.9. The molecule has 1 aliphatic rings. The third-order valence-electron chi connectivity index (χ3n) is 5.50. The monoisotopic (exact) mass is 553 g/mol. The van der Waals surface area contributed by atoms with E-state index in [1.807, 2.05) is 0 Å². The van der Waals surface area contributed by atoms with Crippen LogP contribution in [0.3, 0.4) is 0 Å². The van der Waals surface area contributed by atoms with Crippen LogP contribution in [0, 0.1) is 0 Å². The van der Waals surface area contributed by atoms with Gasteiger partial charge in [0, 0.05) is 12.4 Å². The normalized spacial score (nSPS) is 16.0. The van der Waals surface area contributed by atoms with Crippen LogP contribution in [0.2, 0.25) is 0 Å². The summed E-state index contributed by atoms with van der Waals surface area (Å²) in [5.74, 6) is -6.29. The van der Waals surface area contributed by atoms with Gasteiger partial charge in [0.2, 0.25) is 5.82 Å². The summed E-state index contributed by atoms with van der Waals surface area (Å²) < 4.78 is 98.0. The van der Waals surface area contributed by atoms with Crippen molar-refractivity contribution in [2.75, 3.05) is 18.4 Å². The molecule has 16 heteroatoms. The molecule has 2 N–H and O–H groups in total. The Labute approximate surface area is 208 Å². The van der Waals surface area contributed by atoms with Crippen molar-refractivity contribution in [3.8, 4) is 0 Å². The van der Waals surface area contributed by atoms with Gasteiger partial charge in [-0.2, -0.15) is 26.3 Å². The first-order valence-corrected chi connectivity index (χ1v) is 10.9. The third kappa shape index (κ3) is 7.36. The van der Waals surface area contributed by atoms with Crippen LogP contribution in [-0.4, -0.2) is 51.4 Å². The molecule has 1 aliphatic heterocycles. The van der Waals surface area contributed by atoms with Crippen molar-refractivity contribution in [3.05, 3.63) is 59.8 Å². The number of hydrogen-bond donors (Lipinski definition) is 2. The number of quaternary nitrogens is 1. The molecule has 0 bridgehead atoms. The Morgan fingerprint density at radius 2 is 1.68 bits per heavy atom. The summed E-state index contributed by atoms with van der Waals surface area (Å²) in [6, 6.07) is 7.15. The quantitative estimate of drug-likeness (QED) is 0.482. The molecule has 0 spiro atoms. The maximum absolute atomic E-state index is 13.4. The van der Waals surface area contributed by atoms with Gasteiger partial charge in [-0.3, -0.25) is 9.20 Å². The van der Waals surface area contributed by atoms with Crippen molar-refractivity contribution < 1.29 is 54.7 Å². The molecule has 3 aromatic heterocycles. The maximum Gasteiger partial charge on any atom is 0.430 e. The van der Waals surface area contributed by atoms with E-state index in [-0.39, 0.29) is 24.5 Å². The van der Waals surface area contributed by atoms with Gasteiger partial charge in [0.15, 0.2) is 0 Å². The number of hydrogen-bond acceptors (Lipinski definition) is 5. The number of rotatable bonds is 4. The standard InChI is InChI=1S/C20H18F5N5O.C2HF3O2/c21-19(22)6-9-29(10-7-19)12-14-15-3-1-2-8-30(15)17(27-14)18(31)28-16-5-4-13(11-26-16)20(23,24)25;3-2(4,5)1(6)7/h1-5,8,11H,6-7,9-10,12H2,(H,26,28,31);(H,6,7). The average Bonchev–Trinajstić information content (AvgIpc) is 3.19. The SMILES string of the molecule is O=C(Nc1ccc(C(F)(F)F)cn1)c1nc(C[NH+]2CCC(F)(F)CC2)c2ccccn12.O=C([O-])C(F)(F)F. The zero-order valence-corrected chi connectivity index (χ0v) is 19.2. The third-order valence-corrected chi connectivity index (χ3v) is 5.50. The van der Waals surface area contributed by atoms with Crippen molar-refractivity contribution in [1.82, 2.24) is 14.4 Å². The number of piperidine rings is 1. The number of pyridine rings is 2. The second-order valence-corrected chi connectivity index (χ2v) is 8.29. The Bertz CT molecular complexity index is 1280. The Kier molecular flexibility index (Phi) is 8.24. The number of carboxylic acids is 1. The molecule has 1 saturated heterocycles. The number of anilines is 1. The highest BCUT2D eigenvalue weighted by Gasteiger charge is 2.37. The topological polar surface area (TPSA) is 104 Å². The minimum atomic E-state index is -5.19. The summed E-state index contributed by atoms with van der Waals surface area (Å²) in [4.78, 5) is 30.5. The minimum absolute atomic E-state index is 0.0361. The predicted octanol–water partition coefficient (Wildman–Crippen LogP) is 2.11. The Balaban J connectivity index is 0.000000505. The number of carbonyl (C=O) groups is 2. The van der Waals surface area contributed by atoms with Crippen molar-refractivity contribution in [3.63, 3.8) is 0 Å². The smallest absolute Gasteiger partial charge is 0.430 e. The van der Waals surface area contributed by atoms with Gasteiger partial charge in [0.05, 0.1) is 37.0 Å². The predicted molar refractivity (Wildman–Crippen MR) is 112 cm³/mol. The van der Waals surface area contributed by atoms with Crippen LogP contribution in [0.25, 0.3) is 5.52 Å². The van der Waals surface area contributed by atoms with E-state index >= 15 is 0 Å². The number of halogens is 8. The zero-order valence-electron chi connectivity index (χ0n) is 19.2. The van der Waals surface area contributed by atoms with E-state index in [1.165, 1.54) is 0 Å². The molecule has 3 aromatic rings. The molecule has 4 heterocycles. The molecule has 1 amide bonds. The van der Waals surface area contributed by atoms with Gasteiger partial charge in [-0.05, 0) is 24.3 Å². The van der Waals surface area contributed by atoms with Crippen LogP contribution in [-0.2, 0) is 17.5 Å². The molecule has 8 nitrogen and oxygen atoms in total. The number of imidazole rings is 1. The number of aromatic nitrogens is 3. The van der Waals surface area contributed by atoms with Gasteiger partial charge in [0.1, 0.15) is 24.0 Å².